The van der Waals surface area contributed by atoms with E-state index in [1.165, 1.54) is 24.3 Å². The second-order valence-electron chi connectivity index (χ2n) is 9.17. The average molecular weight is 500 g/mol. The Labute approximate surface area is 211 Å². The first kappa shape index (κ1) is 27.1. The van der Waals surface area contributed by atoms with E-state index in [-0.39, 0.29) is 36.5 Å². The highest BCUT2D eigenvalue weighted by Crippen LogP contribution is 2.27. The maximum atomic E-state index is 13.3. The lowest BCUT2D eigenvalue weighted by Gasteiger charge is -2.36. The Bertz CT molecular complexity index is 1090. The fourth-order valence-corrected chi connectivity index (χ4v) is 4.20. The van der Waals surface area contributed by atoms with Crippen LogP contribution in [0.1, 0.15) is 47.9 Å². The topological polar surface area (TPSA) is 88.2 Å². The lowest BCUT2D eigenvalue weighted by molar-refractivity contribution is -0.135. The number of methoxy groups -OCH3 is 1. The van der Waals surface area contributed by atoms with Crippen molar-refractivity contribution in [2.24, 2.45) is 5.92 Å². The fraction of sp³-hybridized carbons (Fsp3) is 0.444. The highest BCUT2D eigenvalue weighted by Gasteiger charge is 2.30. The zero-order valence-corrected chi connectivity index (χ0v) is 21.4. The number of carbonyl (C=O) groups excluding carboxylic acids is 3. The number of halogens is 1. The monoisotopic (exact) mass is 499 g/mol. The molecule has 2 aromatic carbocycles. The van der Waals surface area contributed by atoms with Crippen LogP contribution >= 0.6 is 0 Å². The van der Waals surface area contributed by atoms with E-state index in [2.05, 4.69) is 5.32 Å². The van der Waals surface area contributed by atoms with E-state index in [1.54, 1.807) is 42.2 Å². The van der Waals surface area contributed by atoms with Crippen molar-refractivity contribution < 1.29 is 28.2 Å². The molecule has 0 fully saturated rings. The molecule has 0 aliphatic carbocycles. The summed E-state index contributed by atoms with van der Waals surface area (Å²) >= 11 is 0. The van der Waals surface area contributed by atoms with Gasteiger partial charge in [0.25, 0.3) is 11.8 Å². The van der Waals surface area contributed by atoms with Crippen LogP contribution in [0.2, 0.25) is 0 Å². The lowest BCUT2D eigenvalue weighted by Crippen LogP contribution is -2.48. The number of hydrogen-bond donors (Lipinski definition) is 1. The minimum atomic E-state index is -0.433. The Hall–Kier alpha value is -3.46. The molecule has 9 heteroatoms. The van der Waals surface area contributed by atoms with E-state index in [0.29, 0.717) is 42.1 Å². The van der Waals surface area contributed by atoms with Gasteiger partial charge in [0.1, 0.15) is 18.2 Å². The van der Waals surface area contributed by atoms with E-state index < -0.39 is 11.7 Å². The van der Waals surface area contributed by atoms with Gasteiger partial charge in [-0.15, -0.1) is 0 Å². The number of rotatable bonds is 4. The number of anilines is 1. The van der Waals surface area contributed by atoms with Crippen molar-refractivity contribution in [3.8, 4) is 5.75 Å². The maximum absolute atomic E-state index is 13.3. The number of carbonyl (C=O) groups is 3. The van der Waals surface area contributed by atoms with Crippen molar-refractivity contribution in [3.05, 3.63) is 59.4 Å². The summed E-state index contributed by atoms with van der Waals surface area (Å²) in [4.78, 5) is 42.0. The molecule has 3 amide bonds. The number of hydrogen-bond acceptors (Lipinski definition) is 5. The number of ether oxygens (including phenoxy) is 2. The molecule has 0 saturated heterocycles. The number of fused-ring (bicyclic) bond motifs is 1. The summed E-state index contributed by atoms with van der Waals surface area (Å²) in [5.41, 5.74) is 1.05. The van der Waals surface area contributed by atoms with Crippen LogP contribution in [0.15, 0.2) is 42.5 Å². The zero-order chi connectivity index (χ0) is 26.4. The lowest BCUT2D eigenvalue weighted by atomic mass is 10.0. The summed E-state index contributed by atoms with van der Waals surface area (Å²) < 4.78 is 25.0. The van der Waals surface area contributed by atoms with Gasteiger partial charge in [-0.25, -0.2) is 4.39 Å². The van der Waals surface area contributed by atoms with Gasteiger partial charge < -0.3 is 24.6 Å². The normalized spacial score (nSPS) is 21.1. The van der Waals surface area contributed by atoms with Crippen LogP contribution < -0.4 is 10.1 Å². The van der Waals surface area contributed by atoms with Gasteiger partial charge in [-0.3, -0.25) is 14.4 Å². The number of amides is 3. The van der Waals surface area contributed by atoms with E-state index >= 15 is 0 Å². The molecule has 36 heavy (non-hydrogen) atoms. The molecule has 1 heterocycles. The molecule has 194 valence electrons. The second-order valence-corrected chi connectivity index (χ2v) is 9.17. The van der Waals surface area contributed by atoms with Gasteiger partial charge >= 0.3 is 0 Å². The van der Waals surface area contributed by atoms with Gasteiger partial charge in [0.05, 0.1) is 17.7 Å². The Morgan fingerprint density at radius 1 is 1.14 bits per heavy atom. The number of nitrogens with zero attached hydrogens (tertiary/aromatic N) is 2. The molecular weight excluding hydrogens is 465 g/mol. The summed E-state index contributed by atoms with van der Waals surface area (Å²) in [6.45, 7) is 6.70. The summed E-state index contributed by atoms with van der Waals surface area (Å²) in [6, 6.07) is 9.76. The largest absolute Gasteiger partial charge is 0.491 e. The Morgan fingerprint density at radius 3 is 2.47 bits per heavy atom. The van der Waals surface area contributed by atoms with Gasteiger partial charge in [-0.2, -0.15) is 0 Å². The van der Waals surface area contributed by atoms with Crippen molar-refractivity contribution in [1.82, 2.24) is 9.80 Å². The van der Waals surface area contributed by atoms with E-state index in [4.69, 9.17) is 9.47 Å². The minimum Gasteiger partial charge on any atom is -0.491 e. The smallest absolute Gasteiger partial charge is 0.257 e. The van der Waals surface area contributed by atoms with Crippen molar-refractivity contribution >= 4 is 23.4 Å². The summed E-state index contributed by atoms with van der Waals surface area (Å²) in [7, 11) is 3.30. The number of benzene rings is 2. The number of likely N-dealkylation sites (N-methyl/N-ethyl adjacent to an activating group) is 1. The number of nitrogens with one attached hydrogen (secondary N) is 1. The Kier molecular flexibility index (Phi) is 9.03. The quantitative estimate of drug-likeness (QED) is 0.691. The Morgan fingerprint density at radius 2 is 1.83 bits per heavy atom. The molecule has 0 bridgehead atoms. The third-order valence-corrected chi connectivity index (χ3v) is 6.43. The molecule has 0 aromatic heterocycles. The molecule has 0 unspecified atom stereocenters. The SMILES string of the molecule is CCC(=O)N1C[C@@H](C)[C@@H](OC)CN(C)C(=O)c2ccc(NC(=O)c3ccc(F)cc3)cc2OC[C@@H]1C. The molecule has 8 nitrogen and oxygen atoms in total. The van der Waals surface area contributed by atoms with Crippen molar-refractivity contribution in [2.75, 3.05) is 39.2 Å². The molecule has 1 aliphatic heterocycles. The van der Waals surface area contributed by atoms with Gasteiger partial charge in [-0.1, -0.05) is 13.8 Å². The summed E-state index contributed by atoms with van der Waals surface area (Å²) in [5, 5.41) is 2.76. The molecule has 3 atom stereocenters. The molecule has 1 N–H and O–H groups in total. The second kappa shape index (κ2) is 12.0. The Balaban J connectivity index is 1.93. The van der Waals surface area contributed by atoms with Crippen molar-refractivity contribution in [3.63, 3.8) is 0 Å². The molecule has 0 radical (unpaired) electrons. The van der Waals surface area contributed by atoms with Crippen molar-refractivity contribution in [2.45, 2.75) is 39.3 Å². The predicted octanol–water partition coefficient (Wildman–Crippen LogP) is 3.82. The zero-order valence-electron chi connectivity index (χ0n) is 21.4. The highest BCUT2D eigenvalue weighted by molar-refractivity contribution is 6.05. The van der Waals surface area contributed by atoms with Gasteiger partial charge in [0, 0.05) is 56.9 Å². The van der Waals surface area contributed by atoms with Crippen LogP contribution in [0.5, 0.6) is 5.75 Å². The third-order valence-electron chi connectivity index (χ3n) is 6.43. The molecule has 2 aromatic rings. The average Bonchev–Trinajstić information content (AvgIpc) is 2.87. The van der Waals surface area contributed by atoms with Crippen molar-refractivity contribution in [1.29, 1.82) is 0 Å². The van der Waals surface area contributed by atoms with Crippen LogP contribution in [0.4, 0.5) is 10.1 Å². The van der Waals surface area contributed by atoms with Crippen LogP contribution in [0.25, 0.3) is 0 Å². The van der Waals surface area contributed by atoms with E-state index in [9.17, 15) is 18.8 Å². The van der Waals surface area contributed by atoms with Crippen LogP contribution in [0.3, 0.4) is 0 Å². The molecule has 1 aliphatic rings. The van der Waals surface area contributed by atoms with Crippen LogP contribution in [0, 0.1) is 11.7 Å². The minimum absolute atomic E-state index is 0.00820. The van der Waals surface area contributed by atoms with E-state index in [0.717, 1.165) is 0 Å². The third kappa shape index (κ3) is 6.40. The molecule has 0 saturated carbocycles. The van der Waals surface area contributed by atoms with Gasteiger partial charge in [0.15, 0.2) is 0 Å². The van der Waals surface area contributed by atoms with Crippen LogP contribution in [-0.2, 0) is 9.53 Å². The van der Waals surface area contributed by atoms with E-state index in [1.807, 2.05) is 20.8 Å². The molecule has 3 rings (SSSR count). The summed E-state index contributed by atoms with van der Waals surface area (Å²) in [5.74, 6) is -0.804. The summed E-state index contributed by atoms with van der Waals surface area (Å²) in [6.07, 6.45) is 0.0971. The first-order valence-corrected chi connectivity index (χ1v) is 12.1. The van der Waals surface area contributed by atoms with Crippen LogP contribution in [-0.4, -0.2) is 73.5 Å². The fourth-order valence-electron chi connectivity index (χ4n) is 4.20. The van der Waals surface area contributed by atoms with Gasteiger partial charge in [-0.05, 0) is 43.3 Å². The maximum Gasteiger partial charge on any atom is 0.257 e. The first-order valence-electron chi connectivity index (χ1n) is 12.1. The standard InChI is InChI=1S/C27H34FN3O5/c1-6-25(32)31-14-17(2)24(35-5)15-30(4)27(34)22-12-11-21(13-23(22)36-16-18(31)3)29-26(33)19-7-9-20(28)10-8-19/h7-13,17-18,24H,6,14-16H2,1-5H3,(H,29,33)/t17-,18+,24+/m1/s1. The predicted molar refractivity (Wildman–Crippen MR) is 135 cm³/mol. The van der Waals surface area contributed by atoms with Gasteiger partial charge in [0.2, 0.25) is 5.91 Å². The first-order chi connectivity index (χ1) is 17.1. The molecular formula is C27H34FN3O5. The molecule has 0 spiro atoms. The highest BCUT2D eigenvalue weighted by atomic mass is 19.1.